The highest BCUT2D eigenvalue weighted by Gasteiger charge is 2.20. The van der Waals surface area contributed by atoms with Gasteiger partial charge in [-0.05, 0) is 37.5 Å². The molecule has 6 nitrogen and oxygen atoms in total. The SMILES string of the molecule is COc1cc(C)ccc1OCC(=O)Nc1ccnn1C1CCCC1. The van der Waals surface area contributed by atoms with Crippen molar-refractivity contribution in [3.05, 3.63) is 36.0 Å². The second-order valence-electron chi connectivity index (χ2n) is 6.09. The first-order valence-electron chi connectivity index (χ1n) is 8.28. The number of benzene rings is 1. The topological polar surface area (TPSA) is 65.4 Å². The zero-order valence-electron chi connectivity index (χ0n) is 14.1. The van der Waals surface area contributed by atoms with Gasteiger partial charge in [0, 0.05) is 6.07 Å². The Morgan fingerprint density at radius 2 is 2.08 bits per heavy atom. The van der Waals surface area contributed by atoms with Crippen LogP contribution >= 0.6 is 0 Å². The number of hydrogen-bond donors (Lipinski definition) is 1. The van der Waals surface area contributed by atoms with Crippen molar-refractivity contribution in [2.75, 3.05) is 19.0 Å². The summed E-state index contributed by atoms with van der Waals surface area (Å²) in [5, 5.41) is 7.23. The maximum atomic E-state index is 12.2. The Labute approximate surface area is 141 Å². The number of nitrogens with one attached hydrogen (secondary N) is 1. The molecule has 1 N–H and O–H groups in total. The van der Waals surface area contributed by atoms with E-state index >= 15 is 0 Å². The fourth-order valence-corrected chi connectivity index (χ4v) is 3.07. The molecule has 0 radical (unpaired) electrons. The highest BCUT2D eigenvalue weighted by molar-refractivity contribution is 5.91. The molecule has 1 heterocycles. The molecule has 1 amide bonds. The van der Waals surface area contributed by atoms with Gasteiger partial charge in [-0.1, -0.05) is 18.9 Å². The van der Waals surface area contributed by atoms with Gasteiger partial charge in [0.25, 0.3) is 5.91 Å². The lowest BCUT2D eigenvalue weighted by Crippen LogP contribution is -2.23. The standard InChI is InChI=1S/C18H23N3O3/c1-13-7-8-15(16(11-13)23-2)24-12-18(22)20-17-9-10-19-21(17)14-5-3-4-6-14/h7-11,14H,3-6,12H2,1-2H3,(H,20,22). The van der Waals surface area contributed by atoms with Crippen LogP contribution in [-0.4, -0.2) is 29.4 Å². The minimum atomic E-state index is -0.211. The lowest BCUT2D eigenvalue weighted by atomic mass is 10.2. The molecular weight excluding hydrogens is 306 g/mol. The van der Waals surface area contributed by atoms with Crippen LogP contribution in [0, 0.1) is 6.92 Å². The summed E-state index contributed by atoms with van der Waals surface area (Å²) in [5.74, 6) is 1.70. The maximum absolute atomic E-state index is 12.2. The predicted octanol–water partition coefficient (Wildman–Crippen LogP) is 3.33. The molecule has 0 spiro atoms. The molecule has 3 rings (SSSR count). The van der Waals surface area contributed by atoms with Gasteiger partial charge in [-0.3, -0.25) is 4.79 Å². The number of carbonyl (C=O) groups excluding carboxylic acids is 1. The van der Waals surface area contributed by atoms with Crippen molar-refractivity contribution >= 4 is 11.7 Å². The Kier molecular flexibility index (Phi) is 5.03. The van der Waals surface area contributed by atoms with Crippen LogP contribution in [0.3, 0.4) is 0 Å². The van der Waals surface area contributed by atoms with Gasteiger partial charge in [0.15, 0.2) is 18.1 Å². The van der Waals surface area contributed by atoms with Crippen molar-refractivity contribution in [1.82, 2.24) is 9.78 Å². The van der Waals surface area contributed by atoms with Crippen LogP contribution in [0.2, 0.25) is 0 Å². The Bertz CT molecular complexity index is 705. The number of ether oxygens (including phenoxy) is 2. The second kappa shape index (κ2) is 7.38. The number of hydrogen-bond acceptors (Lipinski definition) is 4. The monoisotopic (exact) mass is 329 g/mol. The van der Waals surface area contributed by atoms with Crippen LogP contribution in [0.4, 0.5) is 5.82 Å². The van der Waals surface area contributed by atoms with Crippen molar-refractivity contribution < 1.29 is 14.3 Å². The van der Waals surface area contributed by atoms with Crippen molar-refractivity contribution in [2.45, 2.75) is 38.6 Å². The van der Waals surface area contributed by atoms with E-state index < -0.39 is 0 Å². The zero-order valence-corrected chi connectivity index (χ0v) is 14.1. The Morgan fingerprint density at radius 3 is 2.83 bits per heavy atom. The van der Waals surface area contributed by atoms with Crippen LogP contribution in [-0.2, 0) is 4.79 Å². The fourth-order valence-electron chi connectivity index (χ4n) is 3.07. The average Bonchev–Trinajstić information content (AvgIpc) is 3.24. The highest BCUT2D eigenvalue weighted by Crippen LogP contribution is 2.31. The van der Waals surface area contributed by atoms with Gasteiger partial charge in [-0.25, -0.2) is 4.68 Å². The van der Waals surface area contributed by atoms with E-state index in [9.17, 15) is 4.79 Å². The predicted molar refractivity (Wildman–Crippen MR) is 91.6 cm³/mol. The van der Waals surface area contributed by atoms with Gasteiger partial charge in [0.2, 0.25) is 0 Å². The number of carbonyl (C=O) groups is 1. The molecule has 1 fully saturated rings. The molecule has 1 saturated carbocycles. The van der Waals surface area contributed by atoms with Crippen molar-refractivity contribution in [3.8, 4) is 11.5 Å². The molecule has 24 heavy (non-hydrogen) atoms. The largest absolute Gasteiger partial charge is 0.493 e. The molecule has 0 bridgehead atoms. The first-order valence-corrected chi connectivity index (χ1v) is 8.28. The molecule has 6 heteroatoms. The second-order valence-corrected chi connectivity index (χ2v) is 6.09. The number of amides is 1. The van der Waals surface area contributed by atoms with Crippen LogP contribution < -0.4 is 14.8 Å². The third-order valence-electron chi connectivity index (χ3n) is 4.29. The van der Waals surface area contributed by atoms with Crippen LogP contribution in [0.25, 0.3) is 0 Å². The smallest absolute Gasteiger partial charge is 0.263 e. The van der Waals surface area contributed by atoms with E-state index in [4.69, 9.17) is 9.47 Å². The van der Waals surface area contributed by atoms with Gasteiger partial charge in [-0.2, -0.15) is 5.10 Å². The number of anilines is 1. The maximum Gasteiger partial charge on any atom is 0.263 e. The molecule has 0 aliphatic heterocycles. The van der Waals surface area contributed by atoms with Gasteiger partial charge in [-0.15, -0.1) is 0 Å². The third-order valence-corrected chi connectivity index (χ3v) is 4.29. The summed E-state index contributed by atoms with van der Waals surface area (Å²) in [6, 6.07) is 7.81. The van der Waals surface area contributed by atoms with E-state index in [2.05, 4.69) is 10.4 Å². The van der Waals surface area contributed by atoms with Gasteiger partial charge < -0.3 is 14.8 Å². The number of aromatic nitrogens is 2. The Hall–Kier alpha value is -2.50. The molecular formula is C18H23N3O3. The minimum Gasteiger partial charge on any atom is -0.493 e. The fraction of sp³-hybridized carbons (Fsp3) is 0.444. The zero-order chi connectivity index (χ0) is 16.9. The summed E-state index contributed by atoms with van der Waals surface area (Å²) in [7, 11) is 1.59. The van der Waals surface area contributed by atoms with Crippen molar-refractivity contribution in [3.63, 3.8) is 0 Å². The lowest BCUT2D eigenvalue weighted by molar-refractivity contribution is -0.118. The summed E-state index contributed by atoms with van der Waals surface area (Å²) in [6.45, 7) is 1.90. The van der Waals surface area contributed by atoms with Crippen LogP contribution in [0.15, 0.2) is 30.5 Å². The summed E-state index contributed by atoms with van der Waals surface area (Å²) in [4.78, 5) is 12.2. The number of methoxy groups -OCH3 is 1. The Morgan fingerprint density at radius 1 is 1.29 bits per heavy atom. The summed E-state index contributed by atoms with van der Waals surface area (Å²) in [5.41, 5.74) is 1.07. The first-order chi connectivity index (χ1) is 11.7. The Balaban J connectivity index is 1.60. The highest BCUT2D eigenvalue weighted by atomic mass is 16.5. The van der Waals surface area contributed by atoms with E-state index in [1.165, 1.54) is 12.8 Å². The molecule has 2 aromatic rings. The van der Waals surface area contributed by atoms with Crippen molar-refractivity contribution in [2.24, 2.45) is 0 Å². The van der Waals surface area contributed by atoms with Crippen molar-refractivity contribution in [1.29, 1.82) is 0 Å². The van der Waals surface area contributed by atoms with Gasteiger partial charge in [0.1, 0.15) is 5.82 Å². The van der Waals surface area contributed by atoms with E-state index in [1.807, 2.05) is 35.9 Å². The molecule has 128 valence electrons. The van der Waals surface area contributed by atoms with Crippen LogP contribution in [0.1, 0.15) is 37.3 Å². The molecule has 1 aromatic carbocycles. The quantitative estimate of drug-likeness (QED) is 0.883. The summed E-state index contributed by atoms with van der Waals surface area (Å²) < 4.78 is 12.8. The average molecular weight is 329 g/mol. The minimum absolute atomic E-state index is 0.0741. The molecule has 1 aliphatic carbocycles. The summed E-state index contributed by atoms with van der Waals surface area (Å²) >= 11 is 0. The molecule has 0 unspecified atom stereocenters. The molecule has 1 aliphatic rings. The van der Waals surface area contributed by atoms with E-state index in [-0.39, 0.29) is 12.5 Å². The lowest BCUT2D eigenvalue weighted by Gasteiger charge is -2.15. The number of rotatable bonds is 6. The van der Waals surface area contributed by atoms with E-state index in [0.717, 1.165) is 24.2 Å². The summed E-state index contributed by atoms with van der Waals surface area (Å²) in [6.07, 6.45) is 6.38. The first kappa shape index (κ1) is 16.4. The molecule has 1 aromatic heterocycles. The normalized spacial score (nSPS) is 14.6. The van der Waals surface area contributed by atoms with E-state index in [1.54, 1.807) is 13.3 Å². The van der Waals surface area contributed by atoms with E-state index in [0.29, 0.717) is 17.5 Å². The molecule has 0 atom stereocenters. The van der Waals surface area contributed by atoms with Gasteiger partial charge >= 0.3 is 0 Å². The number of nitrogens with zero attached hydrogens (tertiary/aromatic N) is 2. The molecule has 0 saturated heterocycles. The van der Waals surface area contributed by atoms with Gasteiger partial charge in [0.05, 0.1) is 19.3 Å². The van der Waals surface area contributed by atoms with Crippen LogP contribution in [0.5, 0.6) is 11.5 Å². The number of aryl methyl sites for hydroxylation is 1. The third kappa shape index (κ3) is 3.69.